The molecule has 0 unspecified atom stereocenters. The van der Waals surface area contributed by atoms with E-state index in [4.69, 9.17) is 4.52 Å². The van der Waals surface area contributed by atoms with Crippen molar-refractivity contribution in [2.45, 2.75) is 46.5 Å². The normalized spacial score (nSPS) is 11.2. The molecular weight excluding hydrogens is 326 g/mol. The van der Waals surface area contributed by atoms with Gasteiger partial charge in [0.1, 0.15) is 11.6 Å². The van der Waals surface area contributed by atoms with Crippen LogP contribution in [0.3, 0.4) is 0 Å². The summed E-state index contributed by atoms with van der Waals surface area (Å²) >= 11 is 0. The van der Waals surface area contributed by atoms with E-state index in [1.807, 2.05) is 13.0 Å². The van der Waals surface area contributed by atoms with E-state index in [1.54, 1.807) is 12.3 Å². The van der Waals surface area contributed by atoms with Gasteiger partial charge in [0.15, 0.2) is 5.82 Å². The SMILES string of the molecule is Cc1cc(Nc2nccc(Nc3c(C(C)C)cccc3C(C)C)n2)no1. The van der Waals surface area contributed by atoms with Gasteiger partial charge in [-0.05, 0) is 36.0 Å². The largest absolute Gasteiger partial charge is 0.360 e. The van der Waals surface area contributed by atoms with Gasteiger partial charge in [0, 0.05) is 18.0 Å². The molecule has 0 fully saturated rings. The third kappa shape index (κ3) is 4.02. The maximum Gasteiger partial charge on any atom is 0.230 e. The lowest BCUT2D eigenvalue weighted by molar-refractivity contribution is 0.400. The van der Waals surface area contributed by atoms with Crippen molar-refractivity contribution in [3.05, 3.63) is 53.4 Å². The standard InChI is InChI=1S/C20H25N5O/c1-12(2)15-7-6-8-16(13(3)4)19(15)22-17-9-10-21-20(23-17)24-18-11-14(5)26-25-18/h6-13H,1-5H3,(H2,21,22,23,24,25). The summed E-state index contributed by atoms with van der Waals surface area (Å²) in [6.45, 7) is 10.6. The third-order valence-corrected chi connectivity index (χ3v) is 4.15. The van der Waals surface area contributed by atoms with Gasteiger partial charge in [-0.25, -0.2) is 4.98 Å². The highest BCUT2D eigenvalue weighted by Gasteiger charge is 2.14. The van der Waals surface area contributed by atoms with Gasteiger partial charge < -0.3 is 15.2 Å². The van der Waals surface area contributed by atoms with Crippen LogP contribution in [-0.4, -0.2) is 15.1 Å². The molecule has 0 bridgehead atoms. The van der Waals surface area contributed by atoms with Crippen molar-refractivity contribution in [3.63, 3.8) is 0 Å². The van der Waals surface area contributed by atoms with E-state index >= 15 is 0 Å². The molecule has 3 aromatic rings. The molecule has 0 radical (unpaired) electrons. The number of aryl methyl sites for hydroxylation is 1. The van der Waals surface area contributed by atoms with Crippen molar-refractivity contribution in [2.75, 3.05) is 10.6 Å². The van der Waals surface area contributed by atoms with Gasteiger partial charge >= 0.3 is 0 Å². The smallest absolute Gasteiger partial charge is 0.230 e. The monoisotopic (exact) mass is 351 g/mol. The number of rotatable bonds is 6. The average molecular weight is 351 g/mol. The number of aromatic nitrogens is 3. The Bertz CT molecular complexity index is 859. The van der Waals surface area contributed by atoms with Gasteiger partial charge in [-0.15, -0.1) is 0 Å². The summed E-state index contributed by atoms with van der Waals surface area (Å²) in [4.78, 5) is 8.82. The topological polar surface area (TPSA) is 75.9 Å². The second-order valence-electron chi connectivity index (χ2n) is 6.96. The second-order valence-corrected chi connectivity index (χ2v) is 6.96. The van der Waals surface area contributed by atoms with Crippen molar-refractivity contribution < 1.29 is 4.52 Å². The molecule has 2 heterocycles. The molecular formula is C20H25N5O. The first-order valence-corrected chi connectivity index (χ1v) is 8.87. The second kappa shape index (κ2) is 7.56. The number of nitrogens with one attached hydrogen (secondary N) is 2. The number of benzene rings is 1. The number of hydrogen-bond donors (Lipinski definition) is 2. The van der Waals surface area contributed by atoms with Crippen molar-refractivity contribution in [2.24, 2.45) is 0 Å². The Morgan fingerprint density at radius 3 is 2.19 bits per heavy atom. The Morgan fingerprint density at radius 1 is 0.923 bits per heavy atom. The zero-order valence-corrected chi connectivity index (χ0v) is 15.9. The summed E-state index contributed by atoms with van der Waals surface area (Å²) in [5.74, 6) is 3.34. The lowest BCUT2D eigenvalue weighted by Gasteiger charge is -2.20. The highest BCUT2D eigenvalue weighted by atomic mass is 16.5. The maximum atomic E-state index is 5.06. The Balaban J connectivity index is 1.90. The highest BCUT2D eigenvalue weighted by molar-refractivity contribution is 5.67. The van der Waals surface area contributed by atoms with Crippen LogP contribution < -0.4 is 10.6 Å². The average Bonchev–Trinajstić information content (AvgIpc) is 2.99. The fraction of sp³-hybridized carbons (Fsp3) is 0.350. The Labute approximate surface area is 154 Å². The molecule has 0 aliphatic heterocycles. The Morgan fingerprint density at radius 2 is 1.62 bits per heavy atom. The van der Waals surface area contributed by atoms with Gasteiger partial charge in [0.05, 0.1) is 0 Å². The van der Waals surface area contributed by atoms with Gasteiger partial charge in [-0.2, -0.15) is 4.98 Å². The molecule has 0 amide bonds. The van der Waals surface area contributed by atoms with Crippen molar-refractivity contribution in [1.29, 1.82) is 0 Å². The molecule has 0 atom stereocenters. The molecule has 0 saturated heterocycles. The third-order valence-electron chi connectivity index (χ3n) is 4.15. The fourth-order valence-electron chi connectivity index (χ4n) is 2.85. The summed E-state index contributed by atoms with van der Waals surface area (Å²) in [5, 5.41) is 10.5. The van der Waals surface area contributed by atoms with Crippen LogP contribution in [-0.2, 0) is 0 Å². The highest BCUT2D eigenvalue weighted by Crippen LogP contribution is 2.34. The predicted molar refractivity (Wildman–Crippen MR) is 104 cm³/mol. The van der Waals surface area contributed by atoms with Crippen LogP contribution in [0.25, 0.3) is 0 Å². The maximum absolute atomic E-state index is 5.06. The zero-order chi connectivity index (χ0) is 18.7. The van der Waals surface area contributed by atoms with E-state index in [9.17, 15) is 0 Å². The van der Waals surface area contributed by atoms with Crippen molar-refractivity contribution in [3.8, 4) is 0 Å². The molecule has 2 aromatic heterocycles. The zero-order valence-electron chi connectivity index (χ0n) is 15.9. The van der Waals surface area contributed by atoms with Crippen LogP contribution in [0.4, 0.5) is 23.3 Å². The first-order chi connectivity index (χ1) is 12.4. The van der Waals surface area contributed by atoms with Crippen LogP contribution in [0.1, 0.15) is 56.4 Å². The molecule has 0 saturated carbocycles. The van der Waals surface area contributed by atoms with Gasteiger partial charge in [-0.3, -0.25) is 0 Å². The summed E-state index contributed by atoms with van der Waals surface area (Å²) in [6, 6.07) is 10.1. The van der Waals surface area contributed by atoms with Gasteiger partial charge in [0.25, 0.3) is 0 Å². The Hall–Kier alpha value is -2.89. The van der Waals surface area contributed by atoms with Crippen molar-refractivity contribution >= 4 is 23.3 Å². The van der Waals surface area contributed by atoms with E-state index < -0.39 is 0 Å². The molecule has 0 spiro atoms. The number of anilines is 4. The van der Waals surface area contributed by atoms with E-state index in [2.05, 4.69) is 71.7 Å². The Kier molecular flexibility index (Phi) is 5.21. The van der Waals surface area contributed by atoms with E-state index in [0.717, 1.165) is 17.3 Å². The van der Waals surface area contributed by atoms with Crippen LogP contribution >= 0.6 is 0 Å². The summed E-state index contributed by atoms with van der Waals surface area (Å²) < 4.78 is 5.06. The minimum Gasteiger partial charge on any atom is -0.360 e. The van der Waals surface area contributed by atoms with Gasteiger partial charge in [0.2, 0.25) is 5.95 Å². The number of hydrogen-bond acceptors (Lipinski definition) is 6. The van der Waals surface area contributed by atoms with E-state index in [0.29, 0.717) is 23.6 Å². The molecule has 0 aliphatic carbocycles. The molecule has 1 aromatic carbocycles. The summed E-state index contributed by atoms with van der Waals surface area (Å²) in [6.07, 6.45) is 1.72. The fourth-order valence-corrected chi connectivity index (χ4v) is 2.85. The molecule has 0 aliphatic rings. The quantitative estimate of drug-likeness (QED) is 0.610. The number of para-hydroxylation sites is 1. The summed E-state index contributed by atoms with van der Waals surface area (Å²) in [7, 11) is 0. The first kappa shape index (κ1) is 17.9. The van der Waals surface area contributed by atoms with Gasteiger partial charge in [-0.1, -0.05) is 51.1 Å². The van der Waals surface area contributed by atoms with Crippen LogP contribution in [0.5, 0.6) is 0 Å². The molecule has 3 rings (SSSR count). The van der Waals surface area contributed by atoms with Crippen LogP contribution in [0.15, 0.2) is 41.1 Å². The van der Waals surface area contributed by atoms with E-state index in [-0.39, 0.29) is 0 Å². The lowest BCUT2D eigenvalue weighted by atomic mass is 9.92. The van der Waals surface area contributed by atoms with E-state index in [1.165, 1.54) is 11.1 Å². The molecule has 136 valence electrons. The molecule has 2 N–H and O–H groups in total. The minimum absolute atomic E-state index is 0.411. The van der Waals surface area contributed by atoms with Crippen LogP contribution in [0.2, 0.25) is 0 Å². The summed E-state index contributed by atoms with van der Waals surface area (Å²) in [5.41, 5.74) is 3.67. The first-order valence-electron chi connectivity index (χ1n) is 8.87. The molecule has 26 heavy (non-hydrogen) atoms. The number of nitrogens with zero attached hydrogens (tertiary/aromatic N) is 3. The molecule has 6 heteroatoms. The molecule has 6 nitrogen and oxygen atoms in total. The van der Waals surface area contributed by atoms with Crippen molar-refractivity contribution in [1.82, 2.24) is 15.1 Å². The minimum atomic E-state index is 0.411. The predicted octanol–water partition coefficient (Wildman–Crippen LogP) is 5.51. The van der Waals surface area contributed by atoms with Crippen LogP contribution in [0, 0.1) is 6.92 Å². The lowest BCUT2D eigenvalue weighted by Crippen LogP contribution is -2.06.